The summed E-state index contributed by atoms with van der Waals surface area (Å²) in [5.41, 5.74) is 8.03. The highest BCUT2D eigenvalue weighted by molar-refractivity contribution is 9.10. The average molecular weight is 495 g/mol. The molecule has 32 heavy (non-hydrogen) atoms. The second-order valence-corrected chi connectivity index (χ2v) is 9.38. The third kappa shape index (κ3) is 6.44. The first kappa shape index (κ1) is 23.5. The maximum absolute atomic E-state index is 12.7. The molecule has 0 saturated heterocycles. The van der Waals surface area contributed by atoms with Crippen LogP contribution in [-0.4, -0.2) is 18.4 Å². The van der Waals surface area contributed by atoms with Crippen molar-refractivity contribution >= 4 is 27.7 Å². The van der Waals surface area contributed by atoms with Crippen LogP contribution in [0.1, 0.15) is 52.6 Å². The third-order valence-electron chi connectivity index (χ3n) is 4.98. The van der Waals surface area contributed by atoms with Crippen LogP contribution in [0.3, 0.4) is 0 Å². The maximum atomic E-state index is 12.7. The summed E-state index contributed by atoms with van der Waals surface area (Å²) in [7, 11) is 0. The molecule has 6 heteroatoms. The topological polar surface area (TPSA) is 67.4 Å². The first-order valence-electron chi connectivity index (χ1n) is 10.4. The van der Waals surface area contributed by atoms with Crippen LogP contribution in [0.15, 0.2) is 77.3 Å². The van der Waals surface area contributed by atoms with Crippen molar-refractivity contribution < 1.29 is 14.3 Å². The van der Waals surface area contributed by atoms with E-state index in [1.807, 2.05) is 48.5 Å². The molecule has 0 aliphatic heterocycles. The van der Waals surface area contributed by atoms with E-state index in [1.54, 1.807) is 24.3 Å². The zero-order chi connectivity index (χ0) is 23.1. The Morgan fingerprint density at radius 2 is 1.53 bits per heavy atom. The van der Waals surface area contributed by atoms with E-state index in [2.05, 4.69) is 47.6 Å². The minimum Gasteiger partial charge on any atom is -0.492 e. The van der Waals surface area contributed by atoms with Crippen molar-refractivity contribution in [3.05, 3.63) is 99.5 Å². The Labute approximate surface area is 197 Å². The van der Waals surface area contributed by atoms with Gasteiger partial charge in [0.15, 0.2) is 0 Å². The average Bonchev–Trinajstić information content (AvgIpc) is 2.78. The summed E-state index contributed by atoms with van der Waals surface area (Å²) in [6, 6.07) is 22.5. The largest absolute Gasteiger partial charge is 0.492 e. The lowest BCUT2D eigenvalue weighted by molar-refractivity contribution is 0.0844. The number of hydrogen-bond acceptors (Lipinski definition) is 3. The summed E-state index contributed by atoms with van der Waals surface area (Å²) in [5.74, 6) is -0.397. The van der Waals surface area contributed by atoms with E-state index in [1.165, 1.54) is 0 Å². The molecule has 2 amide bonds. The number of nitrogens with one attached hydrogen (secondary N) is 2. The highest BCUT2D eigenvalue weighted by Crippen LogP contribution is 2.24. The van der Waals surface area contributed by atoms with Gasteiger partial charge in [-0.15, -0.1) is 0 Å². The monoisotopic (exact) mass is 494 g/mol. The van der Waals surface area contributed by atoms with Crippen LogP contribution in [0.2, 0.25) is 0 Å². The highest BCUT2D eigenvalue weighted by Gasteiger charge is 2.17. The summed E-state index contributed by atoms with van der Waals surface area (Å²) in [6.07, 6.45) is 0.721. The predicted octanol–water partition coefficient (Wildman–Crippen LogP) is 5.44. The molecule has 0 fully saturated rings. The van der Waals surface area contributed by atoms with Gasteiger partial charge in [-0.05, 0) is 46.9 Å². The molecule has 3 aromatic rings. The summed E-state index contributed by atoms with van der Waals surface area (Å²) in [4.78, 5) is 25.2. The number of hydrazine groups is 1. The number of ether oxygens (including phenoxy) is 1. The fourth-order valence-electron chi connectivity index (χ4n) is 3.10. The van der Waals surface area contributed by atoms with Crippen LogP contribution in [0.25, 0.3) is 0 Å². The zero-order valence-corrected chi connectivity index (χ0v) is 20.0. The lowest BCUT2D eigenvalue weighted by Crippen LogP contribution is -2.41. The molecule has 0 spiro atoms. The standard InChI is InChI=1S/C26H27BrN2O3/c1-26(2,3)20-11-9-19(10-12-20)24(30)28-29-25(31)22-17-21(27)13-14-23(22)32-16-15-18-7-5-4-6-8-18/h4-14,17H,15-16H2,1-3H3,(H,28,30)(H,29,31). The quantitative estimate of drug-likeness (QED) is 0.448. The zero-order valence-electron chi connectivity index (χ0n) is 18.4. The lowest BCUT2D eigenvalue weighted by atomic mass is 9.87. The van der Waals surface area contributed by atoms with Crippen LogP contribution in [0.5, 0.6) is 5.75 Å². The van der Waals surface area contributed by atoms with Gasteiger partial charge < -0.3 is 4.74 Å². The highest BCUT2D eigenvalue weighted by atomic mass is 79.9. The van der Waals surface area contributed by atoms with E-state index in [9.17, 15) is 9.59 Å². The Morgan fingerprint density at radius 3 is 2.19 bits per heavy atom. The molecule has 0 atom stereocenters. The summed E-state index contributed by atoms with van der Waals surface area (Å²) in [5, 5.41) is 0. The van der Waals surface area contributed by atoms with Gasteiger partial charge in [-0.25, -0.2) is 0 Å². The van der Waals surface area contributed by atoms with Crippen molar-refractivity contribution in [1.29, 1.82) is 0 Å². The molecule has 0 aromatic heterocycles. The van der Waals surface area contributed by atoms with E-state index in [0.717, 1.165) is 22.0 Å². The van der Waals surface area contributed by atoms with E-state index in [0.29, 0.717) is 23.5 Å². The van der Waals surface area contributed by atoms with Gasteiger partial charge >= 0.3 is 0 Å². The number of benzene rings is 3. The van der Waals surface area contributed by atoms with Crippen molar-refractivity contribution in [2.45, 2.75) is 32.6 Å². The van der Waals surface area contributed by atoms with Gasteiger partial charge in [0.2, 0.25) is 0 Å². The van der Waals surface area contributed by atoms with Gasteiger partial charge in [0.25, 0.3) is 11.8 Å². The predicted molar refractivity (Wildman–Crippen MR) is 130 cm³/mol. The molecular formula is C26H27BrN2O3. The molecule has 3 aromatic carbocycles. The van der Waals surface area contributed by atoms with Gasteiger partial charge in [-0.1, -0.05) is 79.2 Å². The number of rotatable bonds is 6. The molecule has 0 aliphatic carbocycles. The molecule has 2 N–H and O–H groups in total. The van der Waals surface area contributed by atoms with Crippen LogP contribution >= 0.6 is 15.9 Å². The Bertz CT molecular complexity index is 1070. The molecule has 166 valence electrons. The van der Waals surface area contributed by atoms with Crippen molar-refractivity contribution in [2.24, 2.45) is 0 Å². The van der Waals surface area contributed by atoms with Crippen LogP contribution in [-0.2, 0) is 11.8 Å². The van der Waals surface area contributed by atoms with Crippen molar-refractivity contribution in [2.75, 3.05) is 6.61 Å². The van der Waals surface area contributed by atoms with Gasteiger partial charge in [-0.2, -0.15) is 0 Å². The first-order valence-corrected chi connectivity index (χ1v) is 11.2. The maximum Gasteiger partial charge on any atom is 0.273 e. The molecule has 0 saturated carbocycles. The molecule has 3 rings (SSSR count). The van der Waals surface area contributed by atoms with Crippen LogP contribution < -0.4 is 15.6 Å². The van der Waals surface area contributed by atoms with Crippen LogP contribution in [0.4, 0.5) is 0 Å². The number of halogens is 1. The molecular weight excluding hydrogens is 468 g/mol. The second-order valence-electron chi connectivity index (χ2n) is 8.46. The summed E-state index contributed by atoms with van der Waals surface area (Å²) >= 11 is 3.39. The van der Waals surface area contributed by atoms with Gasteiger partial charge in [0.05, 0.1) is 12.2 Å². The molecule has 0 bridgehead atoms. The van der Waals surface area contributed by atoms with Gasteiger partial charge in [-0.3, -0.25) is 20.4 Å². The first-order chi connectivity index (χ1) is 15.2. The normalized spacial score (nSPS) is 11.0. The fraction of sp³-hybridized carbons (Fsp3) is 0.231. The number of amides is 2. The molecule has 0 unspecified atom stereocenters. The second kappa shape index (κ2) is 10.5. The van der Waals surface area contributed by atoms with E-state index < -0.39 is 5.91 Å². The van der Waals surface area contributed by atoms with Crippen molar-refractivity contribution in [3.8, 4) is 5.75 Å². The van der Waals surface area contributed by atoms with Crippen molar-refractivity contribution in [3.63, 3.8) is 0 Å². The summed E-state index contributed by atoms with van der Waals surface area (Å²) in [6.45, 7) is 6.76. The Morgan fingerprint density at radius 1 is 0.875 bits per heavy atom. The third-order valence-corrected chi connectivity index (χ3v) is 5.47. The van der Waals surface area contributed by atoms with Crippen molar-refractivity contribution in [1.82, 2.24) is 10.9 Å². The molecule has 0 heterocycles. The number of carbonyl (C=O) groups is 2. The van der Waals surface area contributed by atoms with Crippen LogP contribution in [0, 0.1) is 0 Å². The van der Waals surface area contributed by atoms with E-state index in [-0.39, 0.29) is 11.3 Å². The molecule has 5 nitrogen and oxygen atoms in total. The summed E-state index contributed by atoms with van der Waals surface area (Å²) < 4.78 is 6.60. The Hall–Kier alpha value is -3.12. The van der Waals surface area contributed by atoms with Gasteiger partial charge in [0.1, 0.15) is 5.75 Å². The number of hydrogen-bond donors (Lipinski definition) is 2. The van der Waals surface area contributed by atoms with E-state index >= 15 is 0 Å². The minimum atomic E-state index is -0.458. The molecule has 0 radical (unpaired) electrons. The van der Waals surface area contributed by atoms with E-state index in [4.69, 9.17) is 4.74 Å². The fourth-order valence-corrected chi connectivity index (χ4v) is 3.46. The minimum absolute atomic E-state index is 0.000823. The Kier molecular flexibility index (Phi) is 7.70. The lowest BCUT2D eigenvalue weighted by Gasteiger charge is -2.19. The SMILES string of the molecule is CC(C)(C)c1ccc(C(=O)NNC(=O)c2cc(Br)ccc2OCCc2ccccc2)cc1. The van der Waals surface area contributed by atoms with Gasteiger partial charge in [0, 0.05) is 16.5 Å². The smallest absolute Gasteiger partial charge is 0.273 e. The number of carbonyl (C=O) groups excluding carboxylic acids is 2. The Balaban J connectivity index is 1.61. The molecule has 0 aliphatic rings.